The van der Waals surface area contributed by atoms with E-state index in [1.165, 1.54) is 19.3 Å². The number of aliphatic hydroxyl groups is 6. The number of hydrogen-bond donors (Lipinski definition) is 7. The van der Waals surface area contributed by atoms with E-state index < -0.39 is 37.3 Å². The van der Waals surface area contributed by atoms with Crippen molar-refractivity contribution >= 4 is 0 Å². The Balaban J connectivity index is 3.85. The zero-order valence-electron chi connectivity index (χ0n) is 12.7. The van der Waals surface area contributed by atoms with Gasteiger partial charge in [-0.05, 0) is 13.0 Å². The van der Waals surface area contributed by atoms with Crippen LogP contribution in [0.5, 0.6) is 0 Å². The van der Waals surface area contributed by atoms with E-state index in [-0.39, 0.29) is 0 Å². The maximum absolute atomic E-state index is 9.66. The van der Waals surface area contributed by atoms with Crippen molar-refractivity contribution in [2.75, 3.05) is 13.2 Å². The molecule has 0 aromatic carbocycles. The van der Waals surface area contributed by atoms with Gasteiger partial charge in [0, 0.05) is 0 Å². The van der Waals surface area contributed by atoms with Gasteiger partial charge in [-0.25, -0.2) is 0 Å². The Morgan fingerprint density at radius 2 is 1.33 bits per heavy atom. The average molecular weight is 309 g/mol. The van der Waals surface area contributed by atoms with Crippen molar-refractivity contribution in [3.8, 4) is 0 Å². The molecule has 0 bridgehead atoms. The molecule has 0 aromatic rings. The van der Waals surface area contributed by atoms with Gasteiger partial charge in [0.1, 0.15) is 30.6 Å². The van der Waals surface area contributed by atoms with E-state index in [1.54, 1.807) is 0 Å². The number of unbranched alkanes of at least 4 members (excludes halogenated alkanes) is 5. The topological polar surface area (TPSA) is 133 Å². The highest BCUT2D eigenvalue weighted by atomic mass is 16.4. The minimum atomic E-state index is -1.75. The lowest BCUT2D eigenvalue weighted by molar-refractivity contribution is -0.145. The fourth-order valence-corrected chi connectivity index (χ4v) is 2.00. The number of aliphatic hydroxyl groups excluding tert-OH is 6. The molecule has 1 unspecified atom stereocenters. The first-order valence-corrected chi connectivity index (χ1v) is 7.70. The van der Waals surface area contributed by atoms with Gasteiger partial charge in [0.25, 0.3) is 0 Å². The molecule has 0 spiro atoms. The van der Waals surface area contributed by atoms with E-state index in [1.807, 2.05) is 0 Å². The van der Waals surface area contributed by atoms with Crippen molar-refractivity contribution in [1.29, 1.82) is 0 Å². The smallest absolute Gasteiger partial charge is 0.133 e. The highest BCUT2D eigenvalue weighted by Gasteiger charge is 2.33. The molecule has 0 aliphatic heterocycles. The Kier molecular flexibility index (Phi) is 12.1. The summed E-state index contributed by atoms with van der Waals surface area (Å²) in [6.07, 6.45) is -1.54. The number of nitrogens with one attached hydrogen (secondary N) is 1. The van der Waals surface area contributed by atoms with Crippen LogP contribution >= 0.6 is 0 Å². The van der Waals surface area contributed by atoms with Crippen molar-refractivity contribution in [1.82, 2.24) is 5.32 Å². The highest BCUT2D eigenvalue weighted by molar-refractivity contribution is 4.83. The lowest BCUT2D eigenvalue weighted by Crippen LogP contribution is -2.53. The molecule has 21 heavy (non-hydrogen) atoms. The summed E-state index contributed by atoms with van der Waals surface area (Å²) in [4.78, 5) is 0. The van der Waals surface area contributed by atoms with Gasteiger partial charge in [-0.2, -0.15) is 0 Å². The first kappa shape index (κ1) is 20.7. The predicted octanol–water partition coefficient (Wildman–Crippen LogP) is -1.31. The normalized spacial score (nSPS) is 19.0. The molecule has 128 valence electrons. The van der Waals surface area contributed by atoms with Gasteiger partial charge in [-0.1, -0.05) is 39.0 Å². The van der Waals surface area contributed by atoms with E-state index in [4.69, 9.17) is 5.11 Å². The van der Waals surface area contributed by atoms with E-state index in [0.29, 0.717) is 6.54 Å². The third-order valence-corrected chi connectivity index (χ3v) is 3.49. The maximum atomic E-state index is 9.66. The van der Waals surface area contributed by atoms with Crippen LogP contribution < -0.4 is 5.32 Å². The minimum Gasteiger partial charge on any atom is -0.394 e. The fourth-order valence-electron chi connectivity index (χ4n) is 2.00. The van der Waals surface area contributed by atoms with Crippen LogP contribution in [0, 0.1) is 0 Å². The Hall–Kier alpha value is -0.280. The molecule has 7 nitrogen and oxygen atoms in total. The van der Waals surface area contributed by atoms with Gasteiger partial charge >= 0.3 is 0 Å². The third kappa shape index (κ3) is 8.67. The van der Waals surface area contributed by atoms with Crippen molar-refractivity contribution in [3.63, 3.8) is 0 Å². The van der Waals surface area contributed by atoms with E-state index in [9.17, 15) is 25.5 Å². The highest BCUT2D eigenvalue weighted by Crippen LogP contribution is 2.08. The summed E-state index contributed by atoms with van der Waals surface area (Å²) in [6.45, 7) is 1.88. The summed E-state index contributed by atoms with van der Waals surface area (Å²) < 4.78 is 0. The van der Waals surface area contributed by atoms with E-state index in [0.717, 1.165) is 19.3 Å². The average Bonchev–Trinajstić information content (AvgIpc) is 2.50. The lowest BCUT2D eigenvalue weighted by Gasteiger charge is -2.28. The second-order valence-corrected chi connectivity index (χ2v) is 5.39. The molecule has 0 aliphatic carbocycles. The number of rotatable bonds is 13. The fraction of sp³-hybridized carbons (Fsp3) is 1.00. The molecule has 0 heterocycles. The van der Waals surface area contributed by atoms with Gasteiger partial charge in [0.05, 0.1) is 6.61 Å². The molecule has 0 saturated carbocycles. The van der Waals surface area contributed by atoms with Crippen LogP contribution in [0.1, 0.15) is 45.4 Å². The molecular formula is C14H31NO6. The first-order valence-electron chi connectivity index (χ1n) is 7.70. The standard InChI is InChI=1S/C14H31NO6/c1-2-3-4-5-6-7-8-15-14(21)13(20)12(19)11(18)10(17)9-16/h10-21H,2-9H2,1H3/t10-,11-,12+,13-,14?/m1/s1. The summed E-state index contributed by atoms with van der Waals surface area (Å²) in [5, 5.41) is 58.8. The van der Waals surface area contributed by atoms with E-state index in [2.05, 4.69) is 12.2 Å². The molecular weight excluding hydrogens is 278 g/mol. The largest absolute Gasteiger partial charge is 0.394 e. The molecule has 0 rings (SSSR count). The van der Waals surface area contributed by atoms with Crippen LogP contribution in [-0.4, -0.2) is 74.4 Å². The summed E-state index contributed by atoms with van der Waals surface area (Å²) in [6, 6.07) is 0. The molecule has 0 fully saturated rings. The molecule has 7 heteroatoms. The molecule has 0 aliphatic rings. The van der Waals surface area contributed by atoms with Crippen molar-refractivity contribution in [2.45, 2.75) is 76.1 Å². The van der Waals surface area contributed by atoms with E-state index >= 15 is 0 Å². The Bertz CT molecular complexity index is 244. The van der Waals surface area contributed by atoms with Crippen LogP contribution in [-0.2, 0) is 0 Å². The van der Waals surface area contributed by atoms with Gasteiger partial charge in [-0.15, -0.1) is 0 Å². The lowest BCUT2D eigenvalue weighted by atomic mass is 10.0. The van der Waals surface area contributed by atoms with Crippen LogP contribution in [0.15, 0.2) is 0 Å². The second kappa shape index (κ2) is 12.3. The number of hydrogen-bond acceptors (Lipinski definition) is 7. The van der Waals surface area contributed by atoms with Crippen LogP contribution in [0.3, 0.4) is 0 Å². The van der Waals surface area contributed by atoms with Crippen LogP contribution in [0.25, 0.3) is 0 Å². The summed E-state index contributed by atoms with van der Waals surface area (Å²) in [7, 11) is 0. The van der Waals surface area contributed by atoms with Gasteiger partial charge in [-0.3, -0.25) is 5.32 Å². The molecule has 5 atom stereocenters. The molecule has 0 radical (unpaired) electrons. The summed E-state index contributed by atoms with van der Waals surface area (Å²) in [5.41, 5.74) is 0. The SMILES string of the molecule is CCCCCCCCNC(O)[C@H](O)[C@@H](O)[C@H](O)[C@H](O)CO. The molecule has 7 N–H and O–H groups in total. The van der Waals surface area contributed by atoms with Crippen LogP contribution in [0.2, 0.25) is 0 Å². The first-order chi connectivity index (χ1) is 9.95. The predicted molar refractivity (Wildman–Crippen MR) is 78.5 cm³/mol. The Morgan fingerprint density at radius 3 is 1.90 bits per heavy atom. The minimum absolute atomic E-state index is 0.482. The second-order valence-electron chi connectivity index (χ2n) is 5.39. The van der Waals surface area contributed by atoms with Gasteiger partial charge in [0.15, 0.2) is 0 Å². The van der Waals surface area contributed by atoms with Crippen molar-refractivity contribution in [3.05, 3.63) is 0 Å². The van der Waals surface area contributed by atoms with Crippen LogP contribution in [0.4, 0.5) is 0 Å². The van der Waals surface area contributed by atoms with Crippen molar-refractivity contribution in [2.24, 2.45) is 0 Å². The zero-order chi connectivity index (χ0) is 16.3. The summed E-state index contributed by atoms with van der Waals surface area (Å²) in [5.74, 6) is 0. The summed E-state index contributed by atoms with van der Waals surface area (Å²) >= 11 is 0. The zero-order valence-corrected chi connectivity index (χ0v) is 12.7. The Labute approximate surface area is 126 Å². The third-order valence-electron chi connectivity index (χ3n) is 3.49. The maximum Gasteiger partial charge on any atom is 0.133 e. The molecule has 0 saturated heterocycles. The Morgan fingerprint density at radius 1 is 0.762 bits per heavy atom. The molecule has 0 amide bonds. The quantitative estimate of drug-likeness (QED) is 0.166. The molecule has 0 aromatic heterocycles. The van der Waals surface area contributed by atoms with Crippen molar-refractivity contribution < 1.29 is 30.6 Å². The van der Waals surface area contributed by atoms with Gasteiger partial charge < -0.3 is 30.6 Å². The van der Waals surface area contributed by atoms with Gasteiger partial charge in [0.2, 0.25) is 0 Å². The monoisotopic (exact) mass is 309 g/mol.